The SMILES string of the molecule is COCCn1c(=NC(=O)Cc2cccc(OC)c2)sc2cc(C)ccc21. The molecule has 26 heavy (non-hydrogen) atoms. The molecule has 0 bridgehead atoms. The fourth-order valence-electron chi connectivity index (χ4n) is 2.77. The number of aromatic nitrogens is 1. The van der Waals surface area contributed by atoms with Gasteiger partial charge >= 0.3 is 0 Å². The molecule has 6 heteroatoms. The van der Waals surface area contributed by atoms with E-state index in [9.17, 15) is 4.79 Å². The summed E-state index contributed by atoms with van der Waals surface area (Å²) < 4.78 is 13.6. The zero-order valence-corrected chi connectivity index (χ0v) is 16.0. The summed E-state index contributed by atoms with van der Waals surface area (Å²) in [7, 11) is 3.28. The molecule has 0 fully saturated rings. The first-order valence-corrected chi connectivity index (χ1v) is 9.22. The molecule has 1 heterocycles. The summed E-state index contributed by atoms with van der Waals surface area (Å²) >= 11 is 1.53. The lowest BCUT2D eigenvalue weighted by Crippen LogP contribution is -2.19. The minimum atomic E-state index is -0.173. The van der Waals surface area contributed by atoms with Crippen molar-refractivity contribution >= 4 is 27.5 Å². The Morgan fingerprint density at radius 1 is 1.19 bits per heavy atom. The molecule has 0 aliphatic heterocycles. The number of benzene rings is 2. The number of carbonyl (C=O) groups is 1. The van der Waals surface area contributed by atoms with Crippen LogP contribution in [0.5, 0.6) is 5.75 Å². The predicted molar refractivity (Wildman–Crippen MR) is 104 cm³/mol. The van der Waals surface area contributed by atoms with Crippen molar-refractivity contribution in [1.29, 1.82) is 0 Å². The van der Waals surface area contributed by atoms with E-state index in [-0.39, 0.29) is 12.3 Å². The molecule has 1 aromatic heterocycles. The number of thiazole rings is 1. The van der Waals surface area contributed by atoms with Crippen LogP contribution in [-0.2, 0) is 22.5 Å². The van der Waals surface area contributed by atoms with Gasteiger partial charge < -0.3 is 14.0 Å². The fraction of sp³-hybridized carbons (Fsp3) is 0.300. The van der Waals surface area contributed by atoms with Gasteiger partial charge in [-0.15, -0.1) is 0 Å². The summed E-state index contributed by atoms with van der Waals surface area (Å²) in [6.45, 7) is 3.28. The number of nitrogens with zero attached hydrogens (tertiary/aromatic N) is 2. The second-order valence-electron chi connectivity index (χ2n) is 6.03. The Morgan fingerprint density at radius 2 is 2.04 bits per heavy atom. The molecule has 0 N–H and O–H groups in total. The third-order valence-electron chi connectivity index (χ3n) is 4.07. The van der Waals surface area contributed by atoms with E-state index >= 15 is 0 Å². The van der Waals surface area contributed by atoms with Crippen molar-refractivity contribution in [2.24, 2.45) is 4.99 Å². The number of methoxy groups -OCH3 is 2. The van der Waals surface area contributed by atoms with Crippen molar-refractivity contribution in [1.82, 2.24) is 4.57 Å². The van der Waals surface area contributed by atoms with Gasteiger partial charge in [-0.2, -0.15) is 4.99 Å². The number of aryl methyl sites for hydroxylation is 1. The van der Waals surface area contributed by atoms with E-state index in [0.29, 0.717) is 18.0 Å². The van der Waals surface area contributed by atoms with Crippen molar-refractivity contribution in [3.63, 3.8) is 0 Å². The Bertz CT molecular complexity index is 988. The first-order chi connectivity index (χ1) is 12.6. The van der Waals surface area contributed by atoms with Crippen molar-refractivity contribution in [3.8, 4) is 5.75 Å². The normalized spacial score (nSPS) is 11.9. The van der Waals surface area contributed by atoms with Gasteiger partial charge in [-0.25, -0.2) is 0 Å². The fourth-order valence-corrected chi connectivity index (χ4v) is 3.94. The first kappa shape index (κ1) is 18.4. The molecule has 3 rings (SSSR count). The summed E-state index contributed by atoms with van der Waals surface area (Å²) in [6, 6.07) is 13.8. The Morgan fingerprint density at radius 3 is 2.81 bits per heavy atom. The van der Waals surface area contributed by atoms with Crippen LogP contribution in [0.15, 0.2) is 47.5 Å². The Balaban J connectivity index is 1.95. The third-order valence-corrected chi connectivity index (χ3v) is 5.11. The number of amides is 1. The maximum atomic E-state index is 12.5. The van der Waals surface area contributed by atoms with E-state index in [0.717, 1.165) is 21.5 Å². The molecule has 0 atom stereocenters. The highest BCUT2D eigenvalue weighted by Gasteiger charge is 2.09. The van der Waals surface area contributed by atoms with Gasteiger partial charge in [0.1, 0.15) is 5.75 Å². The van der Waals surface area contributed by atoms with Crippen LogP contribution in [0, 0.1) is 6.92 Å². The quantitative estimate of drug-likeness (QED) is 0.669. The van der Waals surface area contributed by atoms with Crippen molar-refractivity contribution in [2.75, 3.05) is 20.8 Å². The van der Waals surface area contributed by atoms with Crippen LogP contribution in [0.2, 0.25) is 0 Å². The molecule has 136 valence electrons. The molecule has 1 amide bonds. The lowest BCUT2D eigenvalue weighted by Gasteiger charge is -2.05. The van der Waals surface area contributed by atoms with E-state index < -0.39 is 0 Å². The lowest BCUT2D eigenvalue weighted by molar-refractivity contribution is -0.117. The highest BCUT2D eigenvalue weighted by molar-refractivity contribution is 7.16. The van der Waals surface area contributed by atoms with Gasteiger partial charge in [0, 0.05) is 13.7 Å². The van der Waals surface area contributed by atoms with Crippen LogP contribution in [0.25, 0.3) is 10.2 Å². The van der Waals surface area contributed by atoms with Gasteiger partial charge in [0.2, 0.25) is 0 Å². The third kappa shape index (κ3) is 4.20. The molecule has 0 saturated heterocycles. The maximum absolute atomic E-state index is 12.5. The van der Waals surface area contributed by atoms with Crippen LogP contribution in [0.1, 0.15) is 11.1 Å². The largest absolute Gasteiger partial charge is 0.497 e. The van der Waals surface area contributed by atoms with Crippen LogP contribution in [0.3, 0.4) is 0 Å². The van der Waals surface area contributed by atoms with E-state index in [4.69, 9.17) is 9.47 Å². The Labute approximate surface area is 156 Å². The highest BCUT2D eigenvalue weighted by atomic mass is 32.1. The standard InChI is InChI=1S/C20H22N2O3S/c1-14-7-8-17-18(11-14)26-20(22(17)9-10-24-2)21-19(23)13-15-5-4-6-16(12-15)25-3/h4-8,11-12H,9-10,13H2,1-3H3. The topological polar surface area (TPSA) is 52.8 Å². The van der Waals surface area contributed by atoms with Crippen LogP contribution < -0.4 is 9.54 Å². The minimum absolute atomic E-state index is 0.173. The van der Waals surface area contributed by atoms with Gasteiger partial charge in [-0.1, -0.05) is 29.5 Å². The molecule has 0 aliphatic rings. The number of ether oxygens (including phenoxy) is 2. The summed E-state index contributed by atoms with van der Waals surface area (Å²) in [4.78, 5) is 17.6. The maximum Gasteiger partial charge on any atom is 0.252 e. The van der Waals surface area contributed by atoms with Gasteiger partial charge in [-0.3, -0.25) is 4.79 Å². The van der Waals surface area contributed by atoms with Gasteiger partial charge in [0.05, 0.1) is 30.4 Å². The van der Waals surface area contributed by atoms with E-state index in [1.54, 1.807) is 14.2 Å². The zero-order valence-electron chi connectivity index (χ0n) is 15.2. The summed E-state index contributed by atoms with van der Waals surface area (Å²) in [5.74, 6) is 0.565. The summed E-state index contributed by atoms with van der Waals surface area (Å²) in [5, 5.41) is 0. The van der Waals surface area contributed by atoms with E-state index in [1.807, 2.05) is 28.8 Å². The molecule has 0 saturated carbocycles. The van der Waals surface area contributed by atoms with Crippen LogP contribution in [-0.4, -0.2) is 31.3 Å². The number of carbonyl (C=O) groups excluding carboxylic acids is 1. The molecular weight excluding hydrogens is 348 g/mol. The molecular formula is C20H22N2O3S. The van der Waals surface area contributed by atoms with Crippen LogP contribution >= 0.6 is 11.3 Å². The second-order valence-corrected chi connectivity index (χ2v) is 7.04. The molecule has 0 unspecified atom stereocenters. The molecule has 0 radical (unpaired) electrons. The Kier molecular flexibility index (Phi) is 5.85. The molecule has 5 nitrogen and oxygen atoms in total. The molecule has 2 aromatic carbocycles. The van der Waals surface area contributed by atoms with Crippen molar-refractivity contribution < 1.29 is 14.3 Å². The number of fused-ring (bicyclic) bond motifs is 1. The second kappa shape index (κ2) is 8.29. The highest BCUT2D eigenvalue weighted by Crippen LogP contribution is 2.19. The number of hydrogen-bond acceptors (Lipinski definition) is 4. The molecule has 3 aromatic rings. The van der Waals surface area contributed by atoms with Crippen molar-refractivity contribution in [2.45, 2.75) is 19.9 Å². The average Bonchev–Trinajstić information content (AvgIpc) is 2.95. The summed E-state index contributed by atoms with van der Waals surface area (Å²) in [6.07, 6.45) is 0.245. The van der Waals surface area contributed by atoms with Gasteiger partial charge in [0.25, 0.3) is 5.91 Å². The number of rotatable bonds is 6. The van der Waals surface area contributed by atoms with Gasteiger partial charge in [0.15, 0.2) is 4.80 Å². The zero-order chi connectivity index (χ0) is 18.5. The lowest BCUT2D eigenvalue weighted by atomic mass is 10.1. The smallest absolute Gasteiger partial charge is 0.252 e. The van der Waals surface area contributed by atoms with Crippen LogP contribution in [0.4, 0.5) is 0 Å². The number of hydrogen-bond donors (Lipinski definition) is 0. The first-order valence-electron chi connectivity index (χ1n) is 8.40. The molecule has 0 spiro atoms. The Hall–Kier alpha value is -2.44. The summed E-state index contributed by atoms with van der Waals surface area (Å²) in [5.41, 5.74) is 3.15. The van der Waals surface area contributed by atoms with E-state index in [2.05, 4.69) is 30.1 Å². The minimum Gasteiger partial charge on any atom is -0.497 e. The van der Waals surface area contributed by atoms with Crippen molar-refractivity contribution in [3.05, 3.63) is 58.4 Å². The average molecular weight is 370 g/mol. The van der Waals surface area contributed by atoms with E-state index in [1.165, 1.54) is 16.9 Å². The predicted octanol–water partition coefficient (Wildman–Crippen LogP) is 3.34. The van der Waals surface area contributed by atoms with Gasteiger partial charge in [-0.05, 0) is 42.3 Å². The molecule has 0 aliphatic carbocycles. The monoisotopic (exact) mass is 370 g/mol.